The highest BCUT2D eigenvalue weighted by molar-refractivity contribution is 8.26. The van der Waals surface area contributed by atoms with Gasteiger partial charge in [0, 0.05) is 0 Å². The highest BCUT2D eigenvalue weighted by atomic mass is 32.2. The fourth-order valence-corrected chi connectivity index (χ4v) is 4.25. The maximum Gasteiger partial charge on any atom is 0.323 e. The lowest BCUT2D eigenvalue weighted by atomic mass is 10.2. The summed E-state index contributed by atoms with van der Waals surface area (Å²) in [6, 6.07) is 12.0. The second-order valence-electron chi connectivity index (χ2n) is 6.84. The van der Waals surface area contributed by atoms with Crippen molar-refractivity contribution in [1.29, 1.82) is 0 Å². The van der Waals surface area contributed by atoms with Crippen molar-refractivity contribution in [3.8, 4) is 17.2 Å². The maximum absolute atomic E-state index is 12.4. The minimum Gasteiger partial charge on any atom is -0.493 e. The van der Waals surface area contributed by atoms with Gasteiger partial charge in [-0.15, -0.1) is 0 Å². The highest BCUT2D eigenvalue weighted by Gasteiger charge is 2.33. The predicted octanol–water partition coefficient (Wildman–Crippen LogP) is 3.40. The van der Waals surface area contributed by atoms with Crippen LogP contribution in [0.1, 0.15) is 12.5 Å². The van der Waals surface area contributed by atoms with Gasteiger partial charge in [0.15, 0.2) is 18.1 Å². The maximum atomic E-state index is 12.4. The molecule has 0 aromatic heterocycles. The van der Waals surface area contributed by atoms with E-state index in [2.05, 4.69) is 5.32 Å². The van der Waals surface area contributed by atoms with Crippen LogP contribution >= 0.6 is 24.0 Å². The lowest BCUT2D eigenvalue weighted by molar-refractivity contribution is -0.140. The molecule has 1 fully saturated rings. The van der Waals surface area contributed by atoms with Crippen LogP contribution in [0.25, 0.3) is 6.08 Å². The van der Waals surface area contributed by atoms with Crippen molar-refractivity contribution in [1.82, 2.24) is 4.90 Å². The third kappa shape index (κ3) is 6.27. The summed E-state index contributed by atoms with van der Waals surface area (Å²) in [5.41, 5.74) is 1.16. The van der Waals surface area contributed by atoms with Gasteiger partial charge in [0.05, 0.1) is 24.3 Å². The summed E-state index contributed by atoms with van der Waals surface area (Å²) in [4.78, 5) is 37.1. The van der Waals surface area contributed by atoms with Gasteiger partial charge in [-0.05, 0) is 42.8 Å². The summed E-state index contributed by atoms with van der Waals surface area (Å²) in [6.07, 6.45) is 1.59. The van der Waals surface area contributed by atoms with Gasteiger partial charge in [0.2, 0.25) is 0 Å². The Morgan fingerprint density at radius 2 is 1.91 bits per heavy atom. The van der Waals surface area contributed by atoms with Gasteiger partial charge >= 0.3 is 5.97 Å². The molecule has 0 unspecified atom stereocenters. The molecule has 178 valence electrons. The lowest BCUT2D eigenvalue weighted by Crippen LogP contribution is -2.33. The summed E-state index contributed by atoms with van der Waals surface area (Å²) in [6.45, 7) is 1.57. The van der Waals surface area contributed by atoms with Gasteiger partial charge < -0.3 is 24.6 Å². The van der Waals surface area contributed by atoms with E-state index < -0.39 is 18.4 Å². The molecule has 0 saturated carbocycles. The normalized spacial score (nSPS) is 14.3. The van der Waals surface area contributed by atoms with E-state index in [9.17, 15) is 14.4 Å². The SMILES string of the molecule is CCOc1ccccc1NC(=O)COc1ccc(/C=C2/SC(=S)N(CC(=O)O)C2=O)cc1OC. The van der Waals surface area contributed by atoms with Crippen molar-refractivity contribution in [3.63, 3.8) is 0 Å². The Kier molecular flexibility index (Phi) is 8.50. The number of carboxylic acid groups (broad SMARTS) is 1. The third-order valence-electron chi connectivity index (χ3n) is 4.47. The number of carbonyl (C=O) groups excluding carboxylic acids is 2. The Morgan fingerprint density at radius 3 is 2.62 bits per heavy atom. The van der Waals surface area contributed by atoms with Crippen molar-refractivity contribution in [2.24, 2.45) is 0 Å². The molecule has 34 heavy (non-hydrogen) atoms. The summed E-state index contributed by atoms with van der Waals surface area (Å²) in [5.74, 6) is -0.732. The Bertz CT molecular complexity index is 1150. The summed E-state index contributed by atoms with van der Waals surface area (Å²) >= 11 is 6.13. The molecule has 1 aliphatic heterocycles. The first kappa shape index (κ1) is 25.1. The van der Waals surface area contributed by atoms with E-state index in [0.717, 1.165) is 16.7 Å². The number of para-hydroxylation sites is 2. The number of thioether (sulfide) groups is 1. The van der Waals surface area contributed by atoms with Crippen molar-refractivity contribution >= 4 is 57.8 Å². The molecule has 0 atom stereocenters. The molecule has 0 aliphatic carbocycles. The molecule has 11 heteroatoms. The van der Waals surface area contributed by atoms with Crippen molar-refractivity contribution in [2.45, 2.75) is 6.92 Å². The van der Waals surface area contributed by atoms with Crippen LogP contribution in [-0.2, 0) is 14.4 Å². The van der Waals surface area contributed by atoms with Crippen LogP contribution in [-0.4, -0.2) is 59.0 Å². The predicted molar refractivity (Wildman–Crippen MR) is 132 cm³/mol. The van der Waals surface area contributed by atoms with E-state index in [1.807, 2.05) is 13.0 Å². The molecule has 0 radical (unpaired) electrons. The average molecular weight is 503 g/mol. The Balaban J connectivity index is 1.67. The van der Waals surface area contributed by atoms with Crippen LogP contribution in [0.15, 0.2) is 47.4 Å². The molecule has 1 saturated heterocycles. The first-order valence-electron chi connectivity index (χ1n) is 10.1. The quantitative estimate of drug-likeness (QED) is 0.373. The largest absolute Gasteiger partial charge is 0.493 e. The summed E-state index contributed by atoms with van der Waals surface area (Å²) in [5, 5.41) is 11.7. The fraction of sp³-hybridized carbons (Fsp3) is 0.217. The number of nitrogens with one attached hydrogen (secondary N) is 1. The molecule has 0 bridgehead atoms. The number of carbonyl (C=O) groups is 3. The Labute approximate surface area is 205 Å². The van der Waals surface area contributed by atoms with Gasteiger partial charge in [-0.1, -0.05) is 42.2 Å². The van der Waals surface area contributed by atoms with E-state index in [0.29, 0.717) is 40.0 Å². The number of rotatable bonds is 10. The average Bonchev–Trinajstić information content (AvgIpc) is 3.06. The van der Waals surface area contributed by atoms with Gasteiger partial charge in [-0.25, -0.2) is 0 Å². The molecular weight excluding hydrogens is 480 g/mol. The second kappa shape index (κ2) is 11.5. The van der Waals surface area contributed by atoms with Gasteiger partial charge in [0.25, 0.3) is 11.8 Å². The Hall–Kier alpha value is -3.57. The number of methoxy groups -OCH3 is 1. The van der Waals surface area contributed by atoms with Crippen LogP contribution in [0.3, 0.4) is 0 Å². The van der Waals surface area contributed by atoms with Crippen LogP contribution < -0.4 is 19.5 Å². The van der Waals surface area contributed by atoms with Crippen LogP contribution in [0.2, 0.25) is 0 Å². The van der Waals surface area contributed by atoms with Crippen molar-refractivity contribution in [3.05, 3.63) is 52.9 Å². The molecule has 2 N–H and O–H groups in total. The minimum atomic E-state index is -1.15. The number of aliphatic carboxylic acids is 1. The zero-order valence-electron chi connectivity index (χ0n) is 18.4. The Morgan fingerprint density at radius 1 is 1.15 bits per heavy atom. The third-order valence-corrected chi connectivity index (χ3v) is 5.85. The molecule has 9 nitrogen and oxygen atoms in total. The van der Waals surface area contributed by atoms with Gasteiger partial charge in [-0.2, -0.15) is 0 Å². The van der Waals surface area contributed by atoms with E-state index >= 15 is 0 Å². The summed E-state index contributed by atoms with van der Waals surface area (Å²) in [7, 11) is 1.46. The molecule has 3 rings (SSSR count). The topological polar surface area (TPSA) is 114 Å². The van der Waals surface area contributed by atoms with Crippen LogP contribution in [0.4, 0.5) is 5.69 Å². The molecule has 1 aliphatic rings. The monoisotopic (exact) mass is 502 g/mol. The van der Waals surface area contributed by atoms with Crippen LogP contribution in [0, 0.1) is 0 Å². The lowest BCUT2D eigenvalue weighted by Gasteiger charge is -2.13. The van der Waals surface area contributed by atoms with Crippen molar-refractivity contribution in [2.75, 3.05) is 32.2 Å². The smallest absolute Gasteiger partial charge is 0.323 e. The van der Waals surface area contributed by atoms with Gasteiger partial charge in [0.1, 0.15) is 16.6 Å². The second-order valence-corrected chi connectivity index (χ2v) is 8.51. The van der Waals surface area contributed by atoms with Gasteiger partial charge in [-0.3, -0.25) is 19.3 Å². The zero-order chi connectivity index (χ0) is 24.7. The van der Waals surface area contributed by atoms with E-state index in [1.165, 1.54) is 7.11 Å². The standard InChI is InChI=1S/C23H22N2O7S2/c1-3-31-16-7-5-4-6-15(16)24-20(26)13-32-17-9-8-14(10-18(17)30-2)11-19-22(29)25(12-21(27)28)23(33)34-19/h4-11H,3,12-13H2,1-2H3,(H,24,26)(H,27,28)/b19-11+. The number of nitrogens with zero attached hydrogens (tertiary/aromatic N) is 1. The molecular formula is C23H22N2O7S2. The number of ether oxygens (including phenoxy) is 3. The number of hydrogen-bond acceptors (Lipinski definition) is 8. The molecule has 2 aromatic carbocycles. The number of amides is 2. The number of carboxylic acids is 1. The number of benzene rings is 2. The first-order valence-corrected chi connectivity index (χ1v) is 11.3. The first-order chi connectivity index (χ1) is 16.3. The van der Waals surface area contributed by atoms with Crippen LogP contribution in [0.5, 0.6) is 17.2 Å². The summed E-state index contributed by atoms with van der Waals surface area (Å²) < 4.78 is 16.7. The highest BCUT2D eigenvalue weighted by Crippen LogP contribution is 2.34. The van der Waals surface area contributed by atoms with E-state index in [-0.39, 0.29) is 16.8 Å². The molecule has 1 heterocycles. The molecule has 2 amide bonds. The minimum absolute atomic E-state index is 0.183. The molecule has 2 aromatic rings. The fourth-order valence-electron chi connectivity index (χ4n) is 3.00. The number of anilines is 1. The molecule has 0 spiro atoms. The number of thiocarbonyl (C=S) groups is 1. The zero-order valence-corrected chi connectivity index (χ0v) is 20.0. The number of hydrogen-bond donors (Lipinski definition) is 2. The van der Waals surface area contributed by atoms with E-state index in [1.54, 1.807) is 42.5 Å². The van der Waals surface area contributed by atoms with Crippen molar-refractivity contribution < 1.29 is 33.7 Å². The van der Waals surface area contributed by atoms with E-state index in [4.69, 9.17) is 31.5 Å².